The molecule has 1 atom stereocenters. The minimum atomic E-state index is 0.735. The summed E-state index contributed by atoms with van der Waals surface area (Å²) in [7, 11) is 0. The van der Waals surface area contributed by atoms with E-state index in [0.29, 0.717) is 0 Å². The molecule has 0 spiro atoms. The number of nitrogens with zero attached hydrogens (tertiary/aromatic N) is 3. The van der Waals surface area contributed by atoms with Crippen molar-refractivity contribution in [2.75, 3.05) is 32.7 Å². The first-order valence-corrected chi connectivity index (χ1v) is 9.79. The Labute approximate surface area is 152 Å². The van der Waals surface area contributed by atoms with Crippen LogP contribution in [0.25, 0.3) is 0 Å². The molecular weight excluding hydrogens is 314 g/mol. The van der Waals surface area contributed by atoms with E-state index in [9.17, 15) is 0 Å². The Morgan fingerprint density at radius 2 is 2.16 bits per heavy atom. The van der Waals surface area contributed by atoms with Gasteiger partial charge in [-0.2, -0.15) is 0 Å². The van der Waals surface area contributed by atoms with Crippen LogP contribution in [0.1, 0.15) is 56.5 Å². The molecule has 0 aliphatic carbocycles. The normalized spacial score (nSPS) is 19.2. The molecule has 2 heterocycles. The fourth-order valence-electron chi connectivity index (χ4n) is 3.46. The second-order valence-corrected chi connectivity index (χ2v) is 6.97. The summed E-state index contributed by atoms with van der Waals surface area (Å²) in [6.07, 6.45) is 6.09. The minimum absolute atomic E-state index is 0.735. The van der Waals surface area contributed by atoms with Crippen LogP contribution in [0, 0.1) is 13.8 Å². The molecule has 0 bridgehead atoms. The van der Waals surface area contributed by atoms with E-state index in [0.717, 1.165) is 62.5 Å². The average molecular weight is 350 g/mol. The molecule has 0 saturated carbocycles. The Balaban J connectivity index is 1.72. The molecule has 1 aliphatic rings. The van der Waals surface area contributed by atoms with Crippen LogP contribution < -0.4 is 10.6 Å². The maximum atomic E-state index is 5.22. The summed E-state index contributed by atoms with van der Waals surface area (Å²) in [6.45, 7) is 13.4. The summed E-state index contributed by atoms with van der Waals surface area (Å²) in [5, 5.41) is 10.7. The topological polar surface area (TPSA) is 65.7 Å². The number of aromatic nitrogens is 1. The molecule has 1 saturated heterocycles. The zero-order valence-corrected chi connectivity index (χ0v) is 16.4. The van der Waals surface area contributed by atoms with Gasteiger partial charge in [-0.1, -0.05) is 11.6 Å². The third kappa shape index (κ3) is 6.34. The zero-order chi connectivity index (χ0) is 18.1. The Kier molecular flexibility index (Phi) is 8.25. The maximum Gasteiger partial charge on any atom is 0.191 e. The molecule has 1 aromatic rings. The molecule has 0 radical (unpaired) electrons. The standard InChI is InChI=1S/C19H35N5O/c1-5-20-19(22-12-10-18-16(3)23-25-17(18)4)21-11-8-14-24-13-7-6-9-15(24)2/h15H,5-14H2,1-4H3,(H2,20,21,22). The average Bonchev–Trinajstić information content (AvgIpc) is 2.92. The van der Waals surface area contributed by atoms with Gasteiger partial charge in [0.05, 0.1) is 5.69 Å². The van der Waals surface area contributed by atoms with Gasteiger partial charge in [-0.15, -0.1) is 0 Å². The lowest BCUT2D eigenvalue weighted by molar-refractivity contribution is 0.160. The molecule has 2 rings (SSSR count). The van der Waals surface area contributed by atoms with E-state index in [1.54, 1.807) is 0 Å². The first-order chi connectivity index (χ1) is 12.1. The van der Waals surface area contributed by atoms with E-state index in [1.807, 2.05) is 13.8 Å². The molecular formula is C19H35N5O. The first kappa shape index (κ1) is 19.8. The highest BCUT2D eigenvalue weighted by Crippen LogP contribution is 2.16. The summed E-state index contributed by atoms with van der Waals surface area (Å²) >= 11 is 0. The molecule has 6 heteroatoms. The zero-order valence-electron chi connectivity index (χ0n) is 16.4. The Bertz CT molecular complexity index is 520. The highest BCUT2D eigenvalue weighted by atomic mass is 16.5. The van der Waals surface area contributed by atoms with Gasteiger partial charge >= 0.3 is 0 Å². The third-order valence-corrected chi connectivity index (χ3v) is 5.01. The van der Waals surface area contributed by atoms with Gasteiger partial charge < -0.3 is 20.1 Å². The summed E-state index contributed by atoms with van der Waals surface area (Å²) in [4.78, 5) is 7.32. The highest BCUT2D eigenvalue weighted by molar-refractivity contribution is 5.79. The molecule has 1 unspecified atom stereocenters. The van der Waals surface area contributed by atoms with Crippen LogP contribution in [-0.2, 0) is 6.42 Å². The number of aryl methyl sites for hydroxylation is 2. The molecule has 1 fully saturated rings. The van der Waals surface area contributed by atoms with Crippen LogP contribution in [0.2, 0.25) is 0 Å². The van der Waals surface area contributed by atoms with Crippen LogP contribution >= 0.6 is 0 Å². The predicted molar refractivity (Wildman–Crippen MR) is 103 cm³/mol. The second kappa shape index (κ2) is 10.4. The second-order valence-electron chi connectivity index (χ2n) is 6.97. The quantitative estimate of drug-likeness (QED) is 0.429. The maximum absolute atomic E-state index is 5.22. The van der Waals surface area contributed by atoms with Gasteiger partial charge in [0.2, 0.25) is 0 Å². The van der Waals surface area contributed by atoms with Crippen molar-refractivity contribution in [3.63, 3.8) is 0 Å². The van der Waals surface area contributed by atoms with Crippen molar-refractivity contribution >= 4 is 5.96 Å². The summed E-state index contributed by atoms with van der Waals surface area (Å²) in [5.74, 6) is 1.82. The van der Waals surface area contributed by atoms with Gasteiger partial charge in [-0.05, 0) is 59.9 Å². The number of rotatable bonds is 8. The van der Waals surface area contributed by atoms with Crippen LogP contribution in [0.4, 0.5) is 0 Å². The van der Waals surface area contributed by atoms with Crippen molar-refractivity contribution < 1.29 is 4.52 Å². The van der Waals surface area contributed by atoms with Gasteiger partial charge in [0.1, 0.15) is 5.76 Å². The fraction of sp³-hybridized carbons (Fsp3) is 0.789. The van der Waals surface area contributed by atoms with Gasteiger partial charge in [0.15, 0.2) is 5.96 Å². The fourth-order valence-corrected chi connectivity index (χ4v) is 3.46. The van der Waals surface area contributed by atoms with Crippen molar-refractivity contribution in [2.45, 2.75) is 65.8 Å². The lowest BCUT2D eigenvalue weighted by Gasteiger charge is -2.33. The van der Waals surface area contributed by atoms with Gasteiger partial charge in [0.25, 0.3) is 0 Å². The summed E-state index contributed by atoms with van der Waals surface area (Å²) < 4.78 is 5.22. The largest absolute Gasteiger partial charge is 0.361 e. The molecule has 1 aliphatic heterocycles. The van der Waals surface area contributed by atoms with E-state index >= 15 is 0 Å². The highest BCUT2D eigenvalue weighted by Gasteiger charge is 2.17. The molecule has 0 amide bonds. The summed E-state index contributed by atoms with van der Waals surface area (Å²) in [5.41, 5.74) is 2.18. The van der Waals surface area contributed by atoms with E-state index < -0.39 is 0 Å². The van der Waals surface area contributed by atoms with Gasteiger partial charge in [-0.3, -0.25) is 4.99 Å². The van der Waals surface area contributed by atoms with Crippen LogP contribution in [0.3, 0.4) is 0 Å². The van der Waals surface area contributed by atoms with Gasteiger partial charge in [-0.25, -0.2) is 0 Å². The summed E-state index contributed by atoms with van der Waals surface area (Å²) in [6, 6.07) is 0.735. The number of piperidine rings is 1. The molecule has 2 N–H and O–H groups in total. The van der Waals surface area contributed by atoms with E-state index in [-0.39, 0.29) is 0 Å². The first-order valence-electron chi connectivity index (χ1n) is 9.79. The third-order valence-electron chi connectivity index (χ3n) is 5.01. The van der Waals surface area contributed by atoms with Crippen molar-refractivity contribution in [3.05, 3.63) is 17.0 Å². The molecule has 142 valence electrons. The van der Waals surface area contributed by atoms with Crippen molar-refractivity contribution in [1.82, 2.24) is 20.7 Å². The van der Waals surface area contributed by atoms with Gasteiger partial charge in [0, 0.05) is 37.8 Å². The molecule has 6 nitrogen and oxygen atoms in total. The van der Waals surface area contributed by atoms with Crippen molar-refractivity contribution in [1.29, 1.82) is 0 Å². The van der Waals surface area contributed by atoms with Crippen LogP contribution in [0.15, 0.2) is 9.52 Å². The lowest BCUT2D eigenvalue weighted by atomic mass is 10.0. The number of aliphatic imine (C=N–C) groups is 1. The van der Waals surface area contributed by atoms with Crippen molar-refractivity contribution in [3.8, 4) is 0 Å². The van der Waals surface area contributed by atoms with Crippen LogP contribution in [-0.4, -0.2) is 54.8 Å². The van der Waals surface area contributed by atoms with E-state index in [1.165, 1.54) is 31.4 Å². The Morgan fingerprint density at radius 3 is 2.84 bits per heavy atom. The number of guanidine groups is 1. The molecule has 25 heavy (non-hydrogen) atoms. The molecule has 0 aromatic carbocycles. The van der Waals surface area contributed by atoms with Crippen LogP contribution in [0.5, 0.6) is 0 Å². The van der Waals surface area contributed by atoms with E-state index in [2.05, 4.69) is 34.5 Å². The predicted octanol–water partition coefficient (Wildman–Crippen LogP) is 2.65. The smallest absolute Gasteiger partial charge is 0.191 e. The minimum Gasteiger partial charge on any atom is -0.361 e. The monoisotopic (exact) mass is 349 g/mol. The Morgan fingerprint density at radius 1 is 1.32 bits per heavy atom. The number of likely N-dealkylation sites (tertiary alicyclic amines) is 1. The molecule has 1 aromatic heterocycles. The Hall–Kier alpha value is -1.56. The number of nitrogens with one attached hydrogen (secondary N) is 2. The lowest BCUT2D eigenvalue weighted by Crippen LogP contribution is -2.39. The van der Waals surface area contributed by atoms with E-state index in [4.69, 9.17) is 9.52 Å². The number of hydrogen-bond acceptors (Lipinski definition) is 4. The van der Waals surface area contributed by atoms with Crippen molar-refractivity contribution in [2.24, 2.45) is 4.99 Å². The number of hydrogen-bond donors (Lipinski definition) is 2. The SMILES string of the molecule is CCNC(=NCCCN1CCCCC1C)NCCc1c(C)noc1C.